The zero-order valence-corrected chi connectivity index (χ0v) is 11.8. The number of aliphatic hydroxyl groups is 1. The van der Waals surface area contributed by atoms with E-state index in [1.165, 1.54) is 31.2 Å². The molecular weight excluding hydrogens is 238 g/mol. The van der Waals surface area contributed by atoms with Crippen molar-refractivity contribution in [2.75, 3.05) is 13.1 Å². The summed E-state index contributed by atoms with van der Waals surface area (Å²) in [6, 6.07) is 0.424. The normalized spacial score (nSPS) is 32.8. The molecule has 2 fully saturated rings. The lowest BCUT2D eigenvalue weighted by Crippen LogP contribution is -2.44. The molecular formula is C15H25N3O. The Balaban J connectivity index is 1.54. The summed E-state index contributed by atoms with van der Waals surface area (Å²) in [6.45, 7) is 2.31. The number of rotatable bonds is 3. The van der Waals surface area contributed by atoms with Gasteiger partial charge in [0.05, 0.1) is 12.3 Å². The summed E-state index contributed by atoms with van der Waals surface area (Å²) in [5.41, 5.74) is 1.35. The highest BCUT2D eigenvalue weighted by Gasteiger charge is 2.33. The van der Waals surface area contributed by atoms with Crippen molar-refractivity contribution < 1.29 is 5.11 Å². The molecule has 1 saturated carbocycles. The van der Waals surface area contributed by atoms with Crippen LogP contribution in [0.2, 0.25) is 0 Å². The topological polar surface area (TPSA) is 41.3 Å². The van der Waals surface area contributed by atoms with Crippen LogP contribution in [-0.4, -0.2) is 45.0 Å². The van der Waals surface area contributed by atoms with E-state index in [-0.39, 0.29) is 6.10 Å². The number of aromatic nitrogens is 2. The molecule has 0 aromatic carbocycles. The van der Waals surface area contributed by atoms with Crippen molar-refractivity contribution in [1.82, 2.24) is 14.7 Å². The first-order valence-electron chi connectivity index (χ1n) is 7.62. The van der Waals surface area contributed by atoms with Gasteiger partial charge in [0.2, 0.25) is 0 Å². The molecule has 0 radical (unpaired) electrons. The Labute approximate surface area is 115 Å². The molecule has 3 atom stereocenters. The summed E-state index contributed by atoms with van der Waals surface area (Å²) in [4.78, 5) is 2.53. The van der Waals surface area contributed by atoms with Gasteiger partial charge in [0.15, 0.2) is 0 Å². The van der Waals surface area contributed by atoms with Gasteiger partial charge in [-0.25, -0.2) is 0 Å². The van der Waals surface area contributed by atoms with Gasteiger partial charge in [0.25, 0.3) is 0 Å². The average molecular weight is 263 g/mol. The standard InChI is InChI=1S/C15H25N3O/c1-17-10-13(9-16-17)8-12-6-7-18(11-12)14-4-2-3-5-15(14)19/h9-10,12,14-15,19H,2-8,11H2,1H3. The van der Waals surface area contributed by atoms with Gasteiger partial charge in [-0.3, -0.25) is 9.58 Å². The van der Waals surface area contributed by atoms with E-state index in [1.807, 2.05) is 17.9 Å². The molecule has 3 unspecified atom stereocenters. The van der Waals surface area contributed by atoms with E-state index in [1.54, 1.807) is 0 Å². The predicted octanol–water partition coefficient (Wildman–Crippen LogP) is 1.59. The third-order valence-corrected chi connectivity index (χ3v) is 4.76. The van der Waals surface area contributed by atoms with E-state index >= 15 is 0 Å². The summed E-state index contributed by atoms with van der Waals surface area (Å²) in [5.74, 6) is 0.735. The van der Waals surface area contributed by atoms with E-state index in [9.17, 15) is 5.11 Å². The van der Waals surface area contributed by atoms with Crippen molar-refractivity contribution in [3.8, 4) is 0 Å². The van der Waals surface area contributed by atoms with Gasteiger partial charge in [-0.1, -0.05) is 12.8 Å². The Kier molecular flexibility index (Phi) is 3.89. The highest BCUT2D eigenvalue weighted by molar-refractivity contribution is 5.06. The van der Waals surface area contributed by atoms with Crippen molar-refractivity contribution in [2.45, 2.75) is 50.7 Å². The first-order chi connectivity index (χ1) is 9.22. The Morgan fingerprint density at radius 1 is 1.32 bits per heavy atom. The Hall–Kier alpha value is -0.870. The van der Waals surface area contributed by atoms with E-state index < -0.39 is 0 Å². The van der Waals surface area contributed by atoms with Crippen molar-refractivity contribution in [3.05, 3.63) is 18.0 Å². The van der Waals surface area contributed by atoms with Gasteiger partial charge >= 0.3 is 0 Å². The molecule has 1 N–H and O–H groups in total. The monoisotopic (exact) mass is 263 g/mol. The number of likely N-dealkylation sites (tertiary alicyclic amines) is 1. The van der Waals surface area contributed by atoms with Crippen LogP contribution in [0.4, 0.5) is 0 Å². The van der Waals surface area contributed by atoms with Crippen LogP contribution in [0.25, 0.3) is 0 Å². The second-order valence-electron chi connectivity index (χ2n) is 6.30. The fraction of sp³-hybridized carbons (Fsp3) is 0.800. The average Bonchev–Trinajstić information content (AvgIpc) is 3.00. The van der Waals surface area contributed by atoms with Crippen LogP contribution in [-0.2, 0) is 13.5 Å². The third-order valence-electron chi connectivity index (χ3n) is 4.76. The molecule has 4 heteroatoms. The second-order valence-corrected chi connectivity index (χ2v) is 6.30. The van der Waals surface area contributed by atoms with Crippen LogP contribution in [0.1, 0.15) is 37.7 Å². The van der Waals surface area contributed by atoms with Gasteiger partial charge in [0.1, 0.15) is 0 Å². The molecule has 106 valence electrons. The van der Waals surface area contributed by atoms with Crippen molar-refractivity contribution in [3.63, 3.8) is 0 Å². The molecule has 1 aromatic heterocycles. The fourth-order valence-corrected chi connectivity index (χ4v) is 3.76. The summed E-state index contributed by atoms with van der Waals surface area (Å²) in [5, 5.41) is 14.4. The van der Waals surface area contributed by atoms with Gasteiger partial charge in [-0.2, -0.15) is 5.10 Å². The molecule has 1 aliphatic heterocycles. The minimum Gasteiger partial charge on any atom is -0.391 e. The highest BCUT2D eigenvalue weighted by atomic mass is 16.3. The van der Waals surface area contributed by atoms with Gasteiger partial charge in [-0.15, -0.1) is 0 Å². The van der Waals surface area contributed by atoms with E-state index in [0.717, 1.165) is 31.8 Å². The third kappa shape index (κ3) is 3.00. The van der Waals surface area contributed by atoms with Gasteiger partial charge < -0.3 is 5.11 Å². The van der Waals surface area contributed by atoms with Crippen LogP contribution in [0, 0.1) is 5.92 Å². The van der Waals surface area contributed by atoms with Gasteiger partial charge in [0, 0.05) is 25.8 Å². The lowest BCUT2D eigenvalue weighted by molar-refractivity contribution is 0.0294. The largest absolute Gasteiger partial charge is 0.391 e. The Morgan fingerprint density at radius 3 is 2.89 bits per heavy atom. The molecule has 1 saturated heterocycles. The zero-order chi connectivity index (χ0) is 13.2. The van der Waals surface area contributed by atoms with Crippen LogP contribution in [0.3, 0.4) is 0 Å². The predicted molar refractivity (Wildman–Crippen MR) is 74.9 cm³/mol. The molecule has 2 heterocycles. The van der Waals surface area contributed by atoms with Gasteiger partial charge in [-0.05, 0) is 43.7 Å². The molecule has 2 aliphatic rings. The number of hydrogen-bond acceptors (Lipinski definition) is 3. The maximum absolute atomic E-state index is 10.2. The number of hydrogen-bond donors (Lipinski definition) is 1. The van der Waals surface area contributed by atoms with Crippen molar-refractivity contribution in [1.29, 1.82) is 0 Å². The molecule has 0 bridgehead atoms. The lowest BCUT2D eigenvalue weighted by atomic mass is 9.91. The number of aryl methyl sites for hydroxylation is 1. The maximum atomic E-state index is 10.2. The summed E-state index contributed by atoms with van der Waals surface area (Å²) < 4.78 is 1.88. The van der Waals surface area contributed by atoms with Crippen molar-refractivity contribution in [2.24, 2.45) is 13.0 Å². The Morgan fingerprint density at radius 2 is 2.16 bits per heavy atom. The first-order valence-corrected chi connectivity index (χ1v) is 7.62. The highest BCUT2D eigenvalue weighted by Crippen LogP contribution is 2.29. The lowest BCUT2D eigenvalue weighted by Gasteiger charge is -2.35. The summed E-state index contributed by atoms with van der Waals surface area (Å²) in [6.07, 6.45) is 11.1. The zero-order valence-electron chi connectivity index (χ0n) is 11.8. The van der Waals surface area contributed by atoms with E-state index in [2.05, 4.69) is 16.2 Å². The van der Waals surface area contributed by atoms with Crippen LogP contribution in [0.5, 0.6) is 0 Å². The smallest absolute Gasteiger partial charge is 0.0695 e. The van der Waals surface area contributed by atoms with E-state index in [0.29, 0.717) is 6.04 Å². The molecule has 19 heavy (non-hydrogen) atoms. The molecule has 1 aliphatic carbocycles. The number of nitrogens with zero attached hydrogens (tertiary/aromatic N) is 3. The molecule has 4 nitrogen and oxygen atoms in total. The van der Waals surface area contributed by atoms with Crippen LogP contribution in [0.15, 0.2) is 12.4 Å². The molecule has 0 amide bonds. The molecule has 1 aromatic rings. The first kappa shape index (κ1) is 13.1. The Bertz CT molecular complexity index is 417. The quantitative estimate of drug-likeness (QED) is 0.900. The maximum Gasteiger partial charge on any atom is 0.0695 e. The van der Waals surface area contributed by atoms with Crippen LogP contribution >= 0.6 is 0 Å². The van der Waals surface area contributed by atoms with Crippen molar-refractivity contribution >= 4 is 0 Å². The molecule has 0 spiro atoms. The second kappa shape index (κ2) is 5.63. The minimum absolute atomic E-state index is 0.0918. The molecule has 3 rings (SSSR count). The number of aliphatic hydroxyl groups excluding tert-OH is 1. The SMILES string of the molecule is Cn1cc(CC2CCN(C3CCCCC3O)C2)cn1. The summed E-state index contributed by atoms with van der Waals surface area (Å²) >= 11 is 0. The van der Waals surface area contributed by atoms with E-state index in [4.69, 9.17) is 0 Å². The van der Waals surface area contributed by atoms with Crippen LogP contribution < -0.4 is 0 Å². The minimum atomic E-state index is -0.0918. The summed E-state index contributed by atoms with van der Waals surface area (Å²) in [7, 11) is 1.98. The fourth-order valence-electron chi connectivity index (χ4n) is 3.76.